The largest absolute Gasteiger partial charge is 0.469 e. The molecule has 1 aliphatic rings. The van der Waals surface area contributed by atoms with Crippen LogP contribution in [-0.2, 0) is 40.9 Å². The van der Waals surface area contributed by atoms with Crippen LogP contribution in [0.2, 0.25) is 0 Å². The lowest BCUT2D eigenvalue weighted by atomic mass is 9.72. The van der Waals surface area contributed by atoms with Crippen molar-refractivity contribution in [3.63, 3.8) is 0 Å². The van der Waals surface area contributed by atoms with Crippen molar-refractivity contribution in [1.82, 2.24) is 9.47 Å². The van der Waals surface area contributed by atoms with Crippen LogP contribution >= 0.6 is 0 Å². The standard InChI is InChI=1S/C34H36N2O4/c1-4-26(22-36(21-24-13-7-5-8-14-24)34(38)40-23-25-15-9-6-10-16-25)27-19-20-30-31(32(27)33(37)39-3)28-17-11-12-18-29(28)35(30)2/h4-18,27,32H,19-23H2,1-3H3/b26-4-/t27-,32-/m0/s1. The van der Waals surface area contributed by atoms with Gasteiger partial charge in [-0.2, -0.15) is 0 Å². The number of allylic oxidation sites excluding steroid dienone is 1. The number of esters is 1. The highest BCUT2D eigenvalue weighted by atomic mass is 16.6. The summed E-state index contributed by atoms with van der Waals surface area (Å²) in [6.07, 6.45) is 3.30. The maximum absolute atomic E-state index is 13.5. The van der Waals surface area contributed by atoms with Crippen molar-refractivity contribution in [1.29, 1.82) is 0 Å². The Kier molecular flexibility index (Phi) is 8.34. The highest BCUT2D eigenvalue weighted by Crippen LogP contribution is 2.45. The normalized spacial score (nSPS) is 16.8. The summed E-state index contributed by atoms with van der Waals surface area (Å²) in [6.45, 7) is 2.94. The summed E-state index contributed by atoms with van der Waals surface area (Å²) < 4.78 is 13.4. The zero-order valence-corrected chi connectivity index (χ0v) is 23.4. The topological polar surface area (TPSA) is 60.8 Å². The highest BCUT2D eigenvalue weighted by Gasteiger charge is 2.41. The third-order valence-corrected chi connectivity index (χ3v) is 8.03. The van der Waals surface area contributed by atoms with Crippen LogP contribution in [0.1, 0.15) is 41.6 Å². The molecule has 3 aromatic carbocycles. The van der Waals surface area contributed by atoms with Gasteiger partial charge >= 0.3 is 12.1 Å². The van der Waals surface area contributed by atoms with Gasteiger partial charge in [0.05, 0.1) is 13.0 Å². The molecule has 2 atom stereocenters. The zero-order valence-electron chi connectivity index (χ0n) is 23.4. The molecular weight excluding hydrogens is 500 g/mol. The van der Waals surface area contributed by atoms with E-state index in [4.69, 9.17) is 9.47 Å². The number of fused-ring (bicyclic) bond motifs is 3. The number of methoxy groups -OCH3 is 1. The van der Waals surface area contributed by atoms with E-state index in [9.17, 15) is 9.59 Å². The third kappa shape index (κ3) is 5.53. The van der Waals surface area contributed by atoms with Gasteiger partial charge in [-0.05, 0) is 48.4 Å². The summed E-state index contributed by atoms with van der Waals surface area (Å²) >= 11 is 0. The monoisotopic (exact) mass is 536 g/mol. The van der Waals surface area contributed by atoms with Crippen LogP contribution in [-0.4, -0.2) is 35.2 Å². The molecule has 0 unspecified atom stereocenters. The van der Waals surface area contributed by atoms with Crippen molar-refractivity contribution < 1.29 is 19.1 Å². The zero-order chi connectivity index (χ0) is 28.1. The summed E-state index contributed by atoms with van der Waals surface area (Å²) in [5.41, 5.74) is 6.30. The number of carbonyl (C=O) groups excluding carboxylic acids is 2. The Balaban J connectivity index is 1.46. The number of carbonyl (C=O) groups is 2. The maximum atomic E-state index is 13.5. The van der Waals surface area contributed by atoms with Crippen LogP contribution in [0.15, 0.2) is 96.6 Å². The van der Waals surface area contributed by atoms with Gasteiger partial charge < -0.3 is 14.0 Å². The molecule has 0 bridgehead atoms. The van der Waals surface area contributed by atoms with Gasteiger partial charge in [-0.15, -0.1) is 0 Å². The summed E-state index contributed by atoms with van der Waals surface area (Å²) in [5, 5.41) is 1.08. The highest BCUT2D eigenvalue weighted by molar-refractivity contribution is 5.92. The second-order valence-electron chi connectivity index (χ2n) is 10.3. The van der Waals surface area contributed by atoms with Crippen molar-refractivity contribution in [2.45, 2.75) is 38.8 Å². The van der Waals surface area contributed by atoms with Crippen molar-refractivity contribution in [2.75, 3.05) is 13.7 Å². The van der Waals surface area contributed by atoms with Gasteiger partial charge in [0.1, 0.15) is 6.61 Å². The molecule has 0 saturated heterocycles. The summed E-state index contributed by atoms with van der Waals surface area (Å²) in [4.78, 5) is 28.6. The number of aromatic nitrogens is 1. The van der Waals surface area contributed by atoms with Gasteiger partial charge in [0.25, 0.3) is 0 Å². The molecule has 4 aromatic rings. The number of hydrogen-bond acceptors (Lipinski definition) is 4. The van der Waals surface area contributed by atoms with Crippen LogP contribution in [0.3, 0.4) is 0 Å². The molecule has 1 heterocycles. The molecule has 40 heavy (non-hydrogen) atoms. The molecule has 0 aliphatic heterocycles. The number of para-hydroxylation sites is 1. The van der Waals surface area contributed by atoms with Crippen molar-refractivity contribution in [2.24, 2.45) is 13.0 Å². The Morgan fingerprint density at radius 2 is 1.60 bits per heavy atom. The van der Waals surface area contributed by atoms with E-state index in [0.717, 1.165) is 46.0 Å². The quantitative estimate of drug-likeness (QED) is 0.184. The maximum Gasteiger partial charge on any atom is 0.410 e. The lowest BCUT2D eigenvalue weighted by Crippen LogP contribution is -2.37. The van der Waals surface area contributed by atoms with Gasteiger partial charge in [0.2, 0.25) is 0 Å². The minimum atomic E-state index is -0.454. The van der Waals surface area contributed by atoms with E-state index in [1.165, 1.54) is 12.8 Å². The number of nitrogens with zero attached hydrogens (tertiary/aromatic N) is 2. The Morgan fingerprint density at radius 1 is 0.950 bits per heavy atom. The number of amides is 1. The van der Waals surface area contributed by atoms with Gasteiger partial charge in [-0.25, -0.2) is 4.79 Å². The molecule has 0 spiro atoms. The fraction of sp³-hybridized carbons (Fsp3) is 0.294. The predicted octanol–water partition coefficient (Wildman–Crippen LogP) is 6.78. The van der Waals surface area contributed by atoms with Crippen LogP contribution in [0, 0.1) is 5.92 Å². The molecule has 1 aromatic heterocycles. The van der Waals surface area contributed by atoms with Crippen LogP contribution in [0.4, 0.5) is 4.79 Å². The van der Waals surface area contributed by atoms with Crippen LogP contribution < -0.4 is 0 Å². The van der Waals surface area contributed by atoms with Crippen molar-refractivity contribution in [3.8, 4) is 0 Å². The fourth-order valence-electron chi connectivity index (χ4n) is 6.04. The molecule has 0 fully saturated rings. The van der Waals surface area contributed by atoms with E-state index in [2.05, 4.69) is 29.8 Å². The Hall–Kier alpha value is -4.32. The Morgan fingerprint density at radius 3 is 2.27 bits per heavy atom. The average molecular weight is 537 g/mol. The van der Waals surface area contributed by atoms with Crippen molar-refractivity contribution >= 4 is 23.0 Å². The number of ether oxygens (including phenoxy) is 2. The number of aryl methyl sites for hydroxylation is 1. The molecule has 6 nitrogen and oxygen atoms in total. The van der Waals surface area contributed by atoms with E-state index >= 15 is 0 Å². The molecule has 1 amide bonds. The lowest BCUT2D eigenvalue weighted by Gasteiger charge is -2.34. The van der Waals surface area contributed by atoms with E-state index in [1.807, 2.05) is 79.7 Å². The minimum absolute atomic E-state index is 0.101. The first-order valence-electron chi connectivity index (χ1n) is 13.8. The lowest BCUT2D eigenvalue weighted by molar-refractivity contribution is -0.143. The van der Waals surface area contributed by atoms with Gasteiger partial charge in [-0.3, -0.25) is 9.69 Å². The molecule has 1 aliphatic carbocycles. The first kappa shape index (κ1) is 27.3. The summed E-state index contributed by atoms with van der Waals surface area (Å²) in [7, 11) is 3.52. The SMILES string of the molecule is C/C=C(/CN(Cc1ccccc1)C(=O)OCc1ccccc1)[C@@H]1CCc2c(c3ccccc3n2C)[C@H]1C(=O)OC. The minimum Gasteiger partial charge on any atom is -0.469 e. The molecular formula is C34H36N2O4. The Labute approximate surface area is 235 Å². The van der Waals surface area contributed by atoms with Gasteiger partial charge in [0.15, 0.2) is 0 Å². The number of rotatable bonds is 8. The van der Waals surface area contributed by atoms with Gasteiger partial charge in [0, 0.05) is 36.7 Å². The van der Waals surface area contributed by atoms with E-state index in [-0.39, 0.29) is 24.6 Å². The molecule has 5 rings (SSSR count). The second kappa shape index (κ2) is 12.2. The number of hydrogen-bond donors (Lipinski definition) is 0. The summed E-state index contributed by atoms with van der Waals surface area (Å²) in [6, 6.07) is 27.8. The predicted molar refractivity (Wildman–Crippen MR) is 157 cm³/mol. The van der Waals surface area contributed by atoms with Crippen LogP contribution in [0.5, 0.6) is 0 Å². The van der Waals surface area contributed by atoms with Gasteiger partial charge in [-0.1, -0.05) is 90.5 Å². The van der Waals surface area contributed by atoms with E-state index in [1.54, 1.807) is 4.90 Å². The summed E-state index contributed by atoms with van der Waals surface area (Å²) in [5.74, 6) is -0.802. The molecule has 0 N–H and O–H groups in total. The van der Waals surface area contributed by atoms with Crippen LogP contribution in [0.25, 0.3) is 10.9 Å². The first-order chi connectivity index (χ1) is 19.5. The van der Waals surface area contributed by atoms with E-state index in [0.29, 0.717) is 13.1 Å². The Bertz CT molecular complexity index is 1510. The number of benzene rings is 3. The third-order valence-electron chi connectivity index (χ3n) is 8.03. The first-order valence-corrected chi connectivity index (χ1v) is 13.8. The molecule has 0 radical (unpaired) electrons. The molecule has 0 saturated carbocycles. The average Bonchev–Trinajstić information content (AvgIpc) is 3.30. The molecule has 6 heteroatoms. The fourth-order valence-corrected chi connectivity index (χ4v) is 6.04. The van der Waals surface area contributed by atoms with E-state index < -0.39 is 5.92 Å². The smallest absolute Gasteiger partial charge is 0.410 e. The second-order valence-corrected chi connectivity index (χ2v) is 10.3. The van der Waals surface area contributed by atoms with Crippen molar-refractivity contribution in [3.05, 3.63) is 119 Å². The molecule has 206 valence electrons.